The summed E-state index contributed by atoms with van der Waals surface area (Å²) in [6.45, 7) is 2.60. The van der Waals surface area contributed by atoms with Crippen LogP contribution < -0.4 is 10.6 Å². The molecule has 1 aromatic carbocycles. The number of benzene rings is 1. The van der Waals surface area contributed by atoms with Crippen LogP contribution >= 0.6 is 0 Å². The molecule has 2 fully saturated rings. The van der Waals surface area contributed by atoms with Gasteiger partial charge < -0.3 is 20.1 Å². The van der Waals surface area contributed by atoms with Crippen molar-refractivity contribution in [1.82, 2.24) is 20.4 Å². The van der Waals surface area contributed by atoms with Crippen molar-refractivity contribution in [3.8, 4) is 0 Å². The van der Waals surface area contributed by atoms with Crippen molar-refractivity contribution in [1.29, 1.82) is 0 Å². The highest BCUT2D eigenvalue weighted by Crippen LogP contribution is 2.41. The SMILES string of the molecule is CNC(=O)c1cc(C2CC2)nc2onc(C3CCN(C(=O)Nc4ccc(C)c(F)c4)C3)c12. The number of nitrogens with zero attached hydrogens (tertiary/aromatic N) is 3. The highest BCUT2D eigenvalue weighted by Gasteiger charge is 2.34. The lowest BCUT2D eigenvalue weighted by molar-refractivity contribution is 0.0964. The van der Waals surface area contributed by atoms with E-state index in [9.17, 15) is 14.0 Å². The first kappa shape index (κ1) is 20.4. The van der Waals surface area contributed by atoms with E-state index in [0.29, 0.717) is 59.0 Å². The lowest BCUT2D eigenvalue weighted by Gasteiger charge is -2.17. The molecule has 1 saturated heterocycles. The van der Waals surface area contributed by atoms with Crippen LogP contribution in [-0.2, 0) is 0 Å². The summed E-state index contributed by atoms with van der Waals surface area (Å²) in [5.41, 5.74) is 3.30. The summed E-state index contributed by atoms with van der Waals surface area (Å²) in [4.78, 5) is 31.6. The summed E-state index contributed by atoms with van der Waals surface area (Å²) in [5, 5.41) is 10.3. The summed E-state index contributed by atoms with van der Waals surface area (Å²) in [6.07, 6.45) is 2.80. The number of hydrogen-bond acceptors (Lipinski definition) is 5. The van der Waals surface area contributed by atoms with Crippen LogP contribution in [0.4, 0.5) is 14.9 Å². The lowest BCUT2D eigenvalue weighted by atomic mass is 9.98. The highest BCUT2D eigenvalue weighted by atomic mass is 19.1. The second-order valence-electron chi connectivity index (χ2n) is 8.52. The Labute approximate surface area is 184 Å². The summed E-state index contributed by atoms with van der Waals surface area (Å²) in [5.74, 6) is -0.295. The summed E-state index contributed by atoms with van der Waals surface area (Å²) >= 11 is 0. The zero-order valence-electron chi connectivity index (χ0n) is 17.9. The molecule has 1 aliphatic carbocycles. The molecule has 1 saturated carbocycles. The monoisotopic (exact) mass is 437 g/mol. The molecule has 2 aromatic heterocycles. The summed E-state index contributed by atoms with van der Waals surface area (Å²) in [7, 11) is 1.59. The molecule has 5 rings (SSSR count). The molecule has 1 aliphatic heterocycles. The maximum absolute atomic E-state index is 13.8. The van der Waals surface area contributed by atoms with Crippen LogP contribution in [0.5, 0.6) is 0 Å². The van der Waals surface area contributed by atoms with Gasteiger partial charge in [-0.1, -0.05) is 11.2 Å². The maximum Gasteiger partial charge on any atom is 0.321 e. The van der Waals surface area contributed by atoms with E-state index in [-0.39, 0.29) is 23.7 Å². The topological polar surface area (TPSA) is 100 Å². The van der Waals surface area contributed by atoms with E-state index in [4.69, 9.17) is 4.52 Å². The largest absolute Gasteiger partial charge is 0.355 e. The number of nitrogens with one attached hydrogen (secondary N) is 2. The first-order chi connectivity index (χ1) is 15.4. The van der Waals surface area contributed by atoms with Crippen molar-refractivity contribution in [2.45, 2.75) is 38.0 Å². The molecule has 8 nitrogen and oxygen atoms in total. The van der Waals surface area contributed by atoms with Crippen LogP contribution in [0.3, 0.4) is 0 Å². The Bertz CT molecular complexity index is 1220. The van der Waals surface area contributed by atoms with Gasteiger partial charge in [0.2, 0.25) is 0 Å². The quantitative estimate of drug-likeness (QED) is 0.644. The van der Waals surface area contributed by atoms with Crippen LogP contribution in [0.15, 0.2) is 28.8 Å². The molecule has 2 aliphatic rings. The average Bonchev–Trinajstić information content (AvgIpc) is 3.36. The number of pyridine rings is 1. The second-order valence-corrected chi connectivity index (χ2v) is 8.52. The third-order valence-corrected chi connectivity index (χ3v) is 6.25. The van der Waals surface area contributed by atoms with Gasteiger partial charge >= 0.3 is 6.03 Å². The van der Waals surface area contributed by atoms with Gasteiger partial charge in [-0.05, 0) is 49.9 Å². The molecule has 1 atom stereocenters. The first-order valence-electron chi connectivity index (χ1n) is 10.8. The van der Waals surface area contributed by atoms with Crippen molar-refractivity contribution in [3.05, 3.63) is 52.6 Å². The molecule has 0 bridgehead atoms. The van der Waals surface area contributed by atoms with Crippen LogP contribution in [0, 0.1) is 12.7 Å². The van der Waals surface area contributed by atoms with E-state index in [2.05, 4.69) is 20.8 Å². The zero-order valence-corrected chi connectivity index (χ0v) is 17.9. The van der Waals surface area contributed by atoms with Gasteiger partial charge in [0.1, 0.15) is 5.82 Å². The summed E-state index contributed by atoms with van der Waals surface area (Å²) in [6, 6.07) is 6.15. The number of halogens is 1. The number of carbonyl (C=O) groups is 2. The Morgan fingerprint density at radius 3 is 2.72 bits per heavy atom. The Hall–Kier alpha value is -3.49. The molecule has 166 valence electrons. The van der Waals surface area contributed by atoms with Gasteiger partial charge in [-0.2, -0.15) is 0 Å². The van der Waals surface area contributed by atoms with Gasteiger partial charge in [-0.3, -0.25) is 4.79 Å². The number of hydrogen-bond donors (Lipinski definition) is 2. The molecule has 32 heavy (non-hydrogen) atoms. The average molecular weight is 437 g/mol. The number of aryl methyl sites for hydroxylation is 1. The van der Waals surface area contributed by atoms with Crippen molar-refractivity contribution in [3.63, 3.8) is 0 Å². The molecule has 9 heteroatoms. The van der Waals surface area contributed by atoms with Crippen molar-refractivity contribution in [2.75, 3.05) is 25.5 Å². The third kappa shape index (κ3) is 3.68. The number of likely N-dealkylation sites (tertiary alicyclic amines) is 1. The van der Waals surface area contributed by atoms with Gasteiger partial charge in [-0.25, -0.2) is 14.2 Å². The van der Waals surface area contributed by atoms with Gasteiger partial charge in [0.05, 0.1) is 16.6 Å². The highest BCUT2D eigenvalue weighted by molar-refractivity contribution is 6.06. The van der Waals surface area contributed by atoms with Gasteiger partial charge in [0.25, 0.3) is 11.6 Å². The van der Waals surface area contributed by atoms with E-state index in [0.717, 1.165) is 18.5 Å². The van der Waals surface area contributed by atoms with Gasteiger partial charge in [0.15, 0.2) is 0 Å². The minimum absolute atomic E-state index is 0.0891. The van der Waals surface area contributed by atoms with Crippen LogP contribution in [0.25, 0.3) is 11.1 Å². The number of urea groups is 1. The lowest BCUT2D eigenvalue weighted by Crippen LogP contribution is -2.32. The molecule has 0 spiro atoms. The van der Waals surface area contributed by atoms with Crippen molar-refractivity contribution < 1.29 is 18.5 Å². The Morgan fingerprint density at radius 1 is 1.19 bits per heavy atom. The number of aromatic nitrogens is 2. The van der Waals surface area contributed by atoms with E-state index in [1.165, 1.54) is 6.07 Å². The number of anilines is 1. The van der Waals surface area contributed by atoms with E-state index in [1.807, 2.05) is 6.07 Å². The molecule has 3 amide bonds. The van der Waals surface area contributed by atoms with Gasteiger partial charge in [0, 0.05) is 43.4 Å². The molecule has 3 aromatic rings. The molecule has 3 heterocycles. The standard InChI is InChI=1S/C23H24FN5O3/c1-12-3-6-15(9-17(12)24)26-23(31)29-8-7-14(11-29)20-19-16(21(30)25-2)10-18(13-4-5-13)27-22(19)32-28-20/h3,6,9-10,13-14H,4-5,7-8,11H2,1-2H3,(H,25,30)(H,26,31). The number of rotatable bonds is 4. The van der Waals surface area contributed by atoms with Crippen LogP contribution in [0.2, 0.25) is 0 Å². The Kier molecular flexibility index (Phi) is 5.03. The van der Waals surface area contributed by atoms with Gasteiger partial charge in [-0.15, -0.1) is 0 Å². The van der Waals surface area contributed by atoms with Crippen molar-refractivity contribution >= 4 is 28.7 Å². The minimum Gasteiger partial charge on any atom is -0.355 e. The van der Waals surface area contributed by atoms with E-state index < -0.39 is 0 Å². The summed E-state index contributed by atoms with van der Waals surface area (Å²) < 4.78 is 19.3. The first-order valence-corrected chi connectivity index (χ1v) is 10.8. The molecule has 1 unspecified atom stereocenters. The predicted octanol–water partition coefficient (Wildman–Crippen LogP) is 3.93. The predicted molar refractivity (Wildman–Crippen MR) is 116 cm³/mol. The smallest absolute Gasteiger partial charge is 0.321 e. The number of amides is 3. The fourth-order valence-corrected chi connectivity index (χ4v) is 4.21. The van der Waals surface area contributed by atoms with Crippen LogP contribution in [-0.4, -0.2) is 47.1 Å². The molecule has 0 radical (unpaired) electrons. The normalized spacial score (nSPS) is 18.2. The maximum atomic E-state index is 13.8. The number of carbonyl (C=O) groups excluding carboxylic acids is 2. The van der Waals surface area contributed by atoms with Crippen LogP contribution in [0.1, 0.15) is 58.4 Å². The third-order valence-electron chi connectivity index (χ3n) is 6.25. The molecule has 2 N–H and O–H groups in total. The fourth-order valence-electron chi connectivity index (χ4n) is 4.21. The second kappa shape index (κ2) is 7.89. The van der Waals surface area contributed by atoms with Crippen molar-refractivity contribution in [2.24, 2.45) is 0 Å². The van der Waals surface area contributed by atoms with E-state index >= 15 is 0 Å². The molecular formula is C23H24FN5O3. The van der Waals surface area contributed by atoms with E-state index in [1.54, 1.807) is 31.0 Å². The molecular weight excluding hydrogens is 413 g/mol. The minimum atomic E-state index is -0.365. The fraction of sp³-hybridized carbons (Fsp3) is 0.391. The Morgan fingerprint density at radius 2 is 2.00 bits per heavy atom. The Balaban J connectivity index is 1.38. The zero-order chi connectivity index (χ0) is 22.4. The number of fused-ring (bicyclic) bond motifs is 1.